The van der Waals surface area contributed by atoms with Crippen LogP contribution in [0.25, 0.3) is 0 Å². The molecule has 1 atom stereocenters. The van der Waals surface area contributed by atoms with Crippen molar-refractivity contribution in [3.8, 4) is 0 Å². The highest BCUT2D eigenvalue weighted by Crippen LogP contribution is 2.33. The number of rotatable bonds is 7. The minimum atomic E-state index is 0.481. The van der Waals surface area contributed by atoms with E-state index in [9.17, 15) is 0 Å². The average Bonchev–Trinajstić information content (AvgIpc) is 3.06. The van der Waals surface area contributed by atoms with Crippen LogP contribution in [0.5, 0.6) is 0 Å². The largest absolute Gasteiger partial charge is 0.339 e. The van der Waals surface area contributed by atoms with E-state index in [0.29, 0.717) is 12.5 Å². The normalized spacial score (nSPS) is 16.5. The Kier molecular flexibility index (Phi) is 4.12. The summed E-state index contributed by atoms with van der Waals surface area (Å²) in [5.74, 6) is 2.26. The maximum atomic E-state index is 5.37. The second kappa shape index (κ2) is 6.01. The highest BCUT2D eigenvalue weighted by Gasteiger charge is 2.31. The van der Waals surface area contributed by atoms with E-state index in [0.717, 1.165) is 41.3 Å². The third-order valence-electron chi connectivity index (χ3n) is 3.57. The Labute approximate surface area is 122 Å². The maximum absolute atomic E-state index is 5.37. The van der Waals surface area contributed by atoms with Crippen molar-refractivity contribution in [2.45, 2.75) is 45.6 Å². The van der Waals surface area contributed by atoms with Crippen LogP contribution in [-0.2, 0) is 12.8 Å². The summed E-state index contributed by atoms with van der Waals surface area (Å²) >= 11 is 1.65. The highest BCUT2D eigenvalue weighted by atomic mass is 32.1. The number of nitrogens with zero attached hydrogens (tertiary/aromatic N) is 3. The van der Waals surface area contributed by atoms with Crippen LogP contribution in [0.1, 0.15) is 42.2 Å². The molecule has 1 unspecified atom stereocenters. The lowest BCUT2D eigenvalue weighted by molar-refractivity contribution is 0.345. The number of likely N-dealkylation sites (N-methyl/N-ethyl adjacent to an activating group) is 1. The monoisotopic (exact) mass is 292 g/mol. The van der Waals surface area contributed by atoms with E-state index < -0.39 is 0 Å². The van der Waals surface area contributed by atoms with Crippen molar-refractivity contribution in [2.75, 3.05) is 6.54 Å². The lowest BCUT2D eigenvalue weighted by atomic mass is 10.1. The molecule has 1 saturated carbocycles. The number of thiazole rings is 1. The van der Waals surface area contributed by atoms with Crippen molar-refractivity contribution >= 4 is 11.3 Å². The first kappa shape index (κ1) is 13.7. The number of hydrogen-bond donors (Lipinski definition) is 1. The molecule has 1 aliphatic carbocycles. The molecule has 1 N–H and O–H groups in total. The molecule has 3 rings (SSSR count). The van der Waals surface area contributed by atoms with Crippen molar-refractivity contribution in [1.82, 2.24) is 20.4 Å². The number of aryl methyl sites for hydroxylation is 1. The van der Waals surface area contributed by atoms with Crippen LogP contribution < -0.4 is 5.32 Å². The Morgan fingerprint density at radius 1 is 1.45 bits per heavy atom. The van der Waals surface area contributed by atoms with Crippen LogP contribution in [0.2, 0.25) is 0 Å². The summed E-state index contributed by atoms with van der Waals surface area (Å²) in [4.78, 5) is 8.92. The van der Waals surface area contributed by atoms with E-state index in [1.54, 1.807) is 11.3 Å². The first-order valence-electron chi connectivity index (χ1n) is 7.20. The Bertz CT molecular complexity index is 561. The van der Waals surface area contributed by atoms with Gasteiger partial charge in [0, 0.05) is 17.8 Å². The zero-order valence-corrected chi connectivity index (χ0v) is 12.7. The standard InChI is InChI=1S/C14H20N4OS/c1-3-15-12(10-4-5-10)7-14-17-13(18-19-14)6-11-8-20-9(2)16-11/h8,10,12,15H,3-7H2,1-2H3. The quantitative estimate of drug-likeness (QED) is 0.848. The fraction of sp³-hybridized carbons (Fsp3) is 0.643. The molecule has 0 spiro atoms. The Hall–Kier alpha value is -1.27. The van der Waals surface area contributed by atoms with Gasteiger partial charge in [-0.1, -0.05) is 12.1 Å². The third-order valence-corrected chi connectivity index (χ3v) is 4.39. The number of hydrogen-bond acceptors (Lipinski definition) is 6. The molecule has 2 aromatic heterocycles. The molecule has 0 radical (unpaired) electrons. The smallest absolute Gasteiger partial charge is 0.228 e. The van der Waals surface area contributed by atoms with Gasteiger partial charge in [-0.05, 0) is 32.2 Å². The van der Waals surface area contributed by atoms with Gasteiger partial charge in [-0.15, -0.1) is 11.3 Å². The molecule has 6 heteroatoms. The highest BCUT2D eigenvalue weighted by molar-refractivity contribution is 7.09. The predicted molar refractivity (Wildman–Crippen MR) is 77.8 cm³/mol. The zero-order valence-electron chi connectivity index (χ0n) is 11.9. The van der Waals surface area contributed by atoms with Crippen LogP contribution in [0.15, 0.2) is 9.90 Å². The molecule has 0 aromatic carbocycles. The molecule has 5 nitrogen and oxygen atoms in total. The number of nitrogens with one attached hydrogen (secondary N) is 1. The van der Waals surface area contributed by atoms with Gasteiger partial charge in [-0.3, -0.25) is 0 Å². The van der Waals surface area contributed by atoms with Crippen molar-refractivity contribution in [3.63, 3.8) is 0 Å². The Balaban J connectivity index is 1.61. The number of aromatic nitrogens is 3. The summed E-state index contributed by atoms with van der Waals surface area (Å²) < 4.78 is 5.37. The van der Waals surface area contributed by atoms with E-state index in [2.05, 4.69) is 32.7 Å². The van der Waals surface area contributed by atoms with Gasteiger partial charge in [-0.2, -0.15) is 4.98 Å². The molecule has 2 aromatic rings. The van der Waals surface area contributed by atoms with E-state index in [1.165, 1.54) is 12.8 Å². The van der Waals surface area contributed by atoms with E-state index in [1.807, 2.05) is 6.92 Å². The molecular weight excluding hydrogens is 272 g/mol. The average molecular weight is 292 g/mol. The second-order valence-corrected chi connectivity index (χ2v) is 6.41. The Morgan fingerprint density at radius 2 is 2.30 bits per heavy atom. The van der Waals surface area contributed by atoms with Gasteiger partial charge in [0.2, 0.25) is 5.89 Å². The summed E-state index contributed by atoms with van der Waals surface area (Å²) in [6, 6.07) is 0.481. The lowest BCUT2D eigenvalue weighted by Crippen LogP contribution is -2.33. The van der Waals surface area contributed by atoms with Crippen LogP contribution in [0.3, 0.4) is 0 Å². The van der Waals surface area contributed by atoms with Crippen LogP contribution in [0.4, 0.5) is 0 Å². The minimum Gasteiger partial charge on any atom is -0.339 e. The van der Waals surface area contributed by atoms with Gasteiger partial charge in [0.15, 0.2) is 5.82 Å². The predicted octanol–water partition coefficient (Wildman–Crippen LogP) is 2.36. The van der Waals surface area contributed by atoms with Crippen molar-refractivity contribution < 1.29 is 4.52 Å². The molecule has 0 saturated heterocycles. The molecule has 0 bridgehead atoms. The van der Waals surface area contributed by atoms with Crippen molar-refractivity contribution in [2.24, 2.45) is 5.92 Å². The molecule has 108 valence electrons. The minimum absolute atomic E-state index is 0.481. The first-order chi connectivity index (χ1) is 9.74. The molecule has 0 amide bonds. The molecule has 1 fully saturated rings. The van der Waals surface area contributed by atoms with Crippen molar-refractivity contribution in [1.29, 1.82) is 0 Å². The molecule has 2 heterocycles. The fourth-order valence-corrected chi connectivity index (χ4v) is 3.06. The summed E-state index contributed by atoms with van der Waals surface area (Å²) in [7, 11) is 0. The van der Waals surface area contributed by atoms with Gasteiger partial charge in [0.25, 0.3) is 0 Å². The Morgan fingerprint density at radius 3 is 2.95 bits per heavy atom. The summed E-state index contributed by atoms with van der Waals surface area (Å²) in [5, 5.41) is 10.7. The third kappa shape index (κ3) is 3.43. The van der Waals surface area contributed by atoms with Crippen molar-refractivity contribution in [3.05, 3.63) is 27.8 Å². The van der Waals surface area contributed by atoms with Crippen LogP contribution in [-0.4, -0.2) is 27.7 Å². The summed E-state index contributed by atoms with van der Waals surface area (Å²) in [6.07, 6.45) is 4.12. The van der Waals surface area contributed by atoms with Crippen LogP contribution in [0, 0.1) is 12.8 Å². The topological polar surface area (TPSA) is 63.8 Å². The van der Waals surface area contributed by atoms with Gasteiger partial charge >= 0.3 is 0 Å². The first-order valence-corrected chi connectivity index (χ1v) is 8.08. The SMILES string of the molecule is CCNC(Cc1nc(Cc2csc(C)n2)no1)C1CC1. The fourth-order valence-electron chi connectivity index (χ4n) is 2.45. The summed E-state index contributed by atoms with van der Waals surface area (Å²) in [6.45, 7) is 5.13. The maximum Gasteiger partial charge on any atom is 0.228 e. The van der Waals surface area contributed by atoms with Gasteiger partial charge in [0.05, 0.1) is 17.1 Å². The van der Waals surface area contributed by atoms with E-state index in [-0.39, 0.29) is 0 Å². The lowest BCUT2D eigenvalue weighted by Gasteiger charge is -2.14. The van der Waals surface area contributed by atoms with Crippen LogP contribution >= 0.6 is 11.3 Å². The molecular formula is C14H20N4OS. The molecule has 0 aliphatic heterocycles. The van der Waals surface area contributed by atoms with Gasteiger partial charge in [0.1, 0.15) is 0 Å². The van der Waals surface area contributed by atoms with Gasteiger partial charge in [-0.25, -0.2) is 4.98 Å². The van der Waals surface area contributed by atoms with E-state index in [4.69, 9.17) is 4.52 Å². The summed E-state index contributed by atoms with van der Waals surface area (Å²) in [5.41, 5.74) is 1.02. The van der Waals surface area contributed by atoms with E-state index >= 15 is 0 Å². The van der Waals surface area contributed by atoms with Gasteiger partial charge < -0.3 is 9.84 Å². The molecule has 20 heavy (non-hydrogen) atoms. The molecule has 1 aliphatic rings. The second-order valence-electron chi connectivity index (χ2n) is 5.34. The zero-order chi connectivity index (χ0) is 13.9.